The third-order valence-corrected chi connectivity index (χ3v) is 2.69. The molecule has 0 aromatic carbocycles. The van der Waals surface area contributed by atoms with Gasteiger partial charge in [0.05, 0.1) is 19.3 Å². The summed E-state index contributed by atoms with van der Waals surface area (Å²) in [4.78, 5) is 0. The molecule has 0 aliphatic carbocycles. The van der Waals surface area contributed by atoms with E-state index < -0.39 is 0 Å². The van der Waals surface area contributed by atoms with E-state index in [-0.39, 0.29) is 12.6 Å². The van der Waals surface area contributed by atoms with Crippen molar-refractivity contribution in [1.82, 2.24) is 5.32 Å². The van der Waals surface area contributed by atoms with Crippen LogP contribution in [0.4, 0.5) is 0 Å². The molecular formula is C9H19NO2. The van der Waals surface area contributed by atoms with Gasteiger partial charge in [-0.05, 0) is 19.8 Å². The Morgan fingerprint density at radius 2 is 2.25 bits per heavy atom. The van der Waals surface area contributed by atoms with Crippen LogP contribution in [0.1, 0.15) is 20.8 Å². The quantitative estimate of drug-likeness (QED) is 0.648. The zero-order valence-corrected chi connectivity index (χ0v) is 8.08. The van der Waals surface area contributed by atoms with Gasteiger partial charge in [0, 0.05) is 12.1 Å². The third-order valence-electron chi connectivity index (χ3n) is 2.69. The number of rotatable bonds is 3. The number of ether oxygens (including phenoxy) is 1. The van der Waals surface area contributed by atoms with Gasteiger partial charge in [0.1, 0.15) is 0 Å². The summed E-state index contributed by atoms with van der Waals surface area (Å²) in [5.74, 6) is 0.541. The van der Waals surface area contributed by atoms with Crippen LogP contribution in [0, 0.1) is 5.92 Å². The van der Waals surface area contributed by atoms with Crippen molar-refractivity contribution < 1.29 is 9.84 Å². The van der Waals surface area contributed by atoms with Gasteiger partial charge in [-0.25, -0.2) is 0 Å². The average molecular weight is 173 g/mol. The summed E-state index contributed by atoms with van der Waals surface area (Å²) in [5, 5.41) is 12.2. The van der Waals surface area contributed by atoms with Crippen LogP contribution in [0.15, 0.2) is 0 Å². The first kappa shape index (κ1) is 9.96. The molecule has 1 heterocycles. The molecule has 2 N–H and O–H groups in total. The second-order valence-electron chi connectivity index (χ2n) is 3.75. The molecule has 1 aliphatic heterocycles. The Kier molecular flexibility index (Phi) is 3.50. The Labute approximate surface area is 74.1 Å². The van der Waals surface area contributed by atoms with Crippen molar-refractivity contribution in [1.29, 1.82) is 0 Å². The fourth-order valence-electron chi connectivity index (χ4n) is 1.50. The van der Waals surface area contributed by atoms with Crippen molar-refractivity contribution in [3.8, 4) is 0 Å². The number of aliphatic hydroxyl groups is 1. The molecule has 72 valence electrons. The van der Waals surface area contributed by atoms with Crippen molar-refractivity contribution in [3.63, 3.8) is 0 Å². The van der Waals surface area contributed by atoms with Crippen molar-refractivity contribution in [3.05, 3.63) is 0 Å². The molecule has 1 rings (SSSR count). The van der Waals surface area contributed by atoms with Crippen LogP contribution in [0.2, 0.25) is 0 Å². The molecule has 4 unspecified atom stereocenters. The molecule has 0 bridgehead atoms. The highest BCUT2D eigenvalue weighted by Gasteiger charge is 2.30. The highest BCUT2D eigenvalue weighted by molar-refractivity contribution is 4.84. The molecule has 4 atom stereocenters. The molecule has 0 amide bonds. The molecule has 3 heteroatoms. The Morgan fingerprint density at radius 1 is 1.58 bits per heavy atom. The number of nitrogens with one attached hydrogen (secondary N) is 1. The third kappa shape index (κ3) is 2.19. The minimum atomic E-state index is 0.173. The largest absolute Gasteiger partial charge is 0.395 e. The minimum absolute atomic E-state index is 0.173. The van der Waals surface area contributed by atoms with Gasteiger partial charge >= 0.3 is 0 Å². The van der Waals surface area contributed by atoms with Crippen molar-refractivity contribution in [2.75, 3.05) is 13.2 Å². The van der Waals surface area contributed by atoms with E-state index in [1.54, 1.807) is 0 Å². The monoisotopic (exact) mass is 173 g/mol. The summed E-state index contributed by atoms with van der Waals surface area (Å²) in [6, 6.07) is 0.577. The second kappa shape index (κ2) is 4.21. The highest BCUT2D eigenvalue weighted by atomic mass is 16.5. The van der Waals surface area contributed by atoms with Crippen LogP contribution in [-0.2, 0) is 4.74 Å². The summed E-state index contributed by atoms with van der Waals surface area (Å²) < 4.78 is 5.48. The lowest BCUT2D eigenvalue weighted by atomic mass is 10.00. The van der Waals surface area contributed by atoms with Crippen LogP contribution >= 0.6 is 0 Å². The van der Waals surface area contributed by atoms with E-state index in [2.05, 4.69) is 19.2 Å². The first-order valence-electron chi connectivity index (χ1n) is 4.63. The maximum atomic E-state index is 8.84. The van der Waals surface area contributed by atoms with Crippen LogP contribution in [0.25, 0.3) is 0 Å². The van der Waals surface area contributed by atoms with E-state index >= 15 is 0 Å². The maximum Gasteiger partial charge on any atom is 0.0627 e. The summed E-state index contributed by atoms with van der Waals surface area (Å²) in [7, 11) is 0. The molecular weight excluding hydrogens is 154 g/mol. The zero-order chi connectivity index (χ0) is 9.14. The first-order valence-corrected chi connectivity index (χ1v) is 4.63. The van der Waals surface area contributed by atoms with Crippen molar-refractivity contribution >= 4 is 0 Å². The lowest BCUT2D eigenvalue weighted by molar-refractivity contribution is 0.108. The predicted molar refractivity (Wildman–Crippen MR) is 48.0 cm³/mol. The summed E-state index contributed by atoms with van der Waals surface area (Å²) in [6.07, 6.45) is 0.341. The van der Waals surface area contributed by atoms with Gasteiger partial charge in [0.15, 0.2) is 0 Å². The Hall–Kier alpha value is -0.120. The van der Waals surface area contributed by atoms with Crippen molar-refractivity contribution in [2.24, 2.45) is 5.92 Å². The van der Waals surface area contributed by atoms with Gasteiger partial charge < -0.3 is 15.2 Å². The lowest BCUT2D eigenvalue weighted by Crippen LogP contribution is -2.42. The Balaban J connectivity index is 2.33. The fraction of sp³-hybridized carbons (Fsp3) is 1.00. The van der Waals surface area contributed by atoms with Gasteiger partial charge in [-0.1, -0.05) is 6.92 Å². The van der Waals surface area contributed by atoms with Gasteiger partial charge in [-0.3, -0.25) is 0 Å². The van der Waals surface area contributed by atoms with Crippen LogP contribution in [0.3, 0.4) is 0 Å². The second-order valence-corrected chi connectivity index (χ2v) is 3.75. The summed E-state index contributed by atoms with van der Waals surface area (Å²) in [5.41, 5.74) is 0. The maximum absolute atomic E-state index is 8.84. The van der Waals surface area contributed by atoms with E-state index in [0.717, 1.165) is 6.61 Å². The fourth-order valence-corrected chi connectivity index (χ4v) is 1.50. The molecule has 3 nitrogen and oxygen atoms in total. The lowest BCUT2D eigenvalue weighted by Gasteiger charge is -2.20. The van der Waals surface area contributed by atoms with E-state index in [1.165, 1.54) is 0 Å². The predicted octanol–water partition coefficient (Wildman–Crippen LogP) is 0.380. The smallest absolute Gasteiger partial charge is 0.0627 e. The molecule has 0 aromatic heterocycles. The van der Waals surface area contributed by atoms with Crippen LogP contribution in [0.5, 0.6) is 0 Å². The highest BCUT2D eigenvalue weighted by Crippen LogP contribution is 2.20. The molecule has 12 heavy (non-hydrogen) atoms. The minimum Gasteiger partial charge on any atom is -0.395 e. The van der Waals surface area contributed by atoms with Gasteiger partial charge in [0.2, 0.25) is 0 Å². The van der Waals surface area contributed by atoms with E-state index in [4.69, 9.17) is 9.84 Å². The molecule has 0 saturated carbocycles. The van der Waals surface area contributed by atoms with E-state index in [0.29, 0.717) is 18.1 Å². The van der Waals surface area contributed by atoms with Gasteiger partial charge in [-0.2, -0.15) is 0 Å². The van der Waals surface area contributed by atoms with Crippen LogP contribution in [-0.4, -0.2) is 36.5 Å². The average Bonchev–Trinajstić information content (AvgIpc) is 2.36. The molecule has 1 aliphatic rings. The molecule has 0 spiro atoms. The molecule has 1 saturated heterocycles. The summed E-state index contributed by atoms with van der Waals surface area (Å²) >= 11 is 0. The van der Waals surface area contributed by atoms with Crippen LogP contribution < -0.4 is 5.32 Å². The van der Waals surface area contributed by atoms with Gasteiger partial charge in [0.25, 0.3) is 0 Å². The standard InChI is InChI=1S/C9H19NO2/c1-6(4-11)10-9-5-12-8(3)7(9)2/h6-11H,4-5H2,1-3H3. The number of hydrogen-bond donors (Lipinski definition) is 2. The Morgan fingerprint density at radius 3 is 2.67 bits per heavy atom. The van der Waals surface area contributed by atoms with Gasteiger partial charge in [-0.15, -0.1) is 0 Å². The topological polar surface area (TPSA) is 41.5 Å². The summed E-state index contributed by atoms with van der Waals surface area (Å²) in [6.45, 7) is 7.22. The molecule has 0 aromatic rings. The number of hydrogen-bond acceptors (Lipinski definition) is 3. The Bertz CT molecular complexity index is 140. The SMILES string of the molecule is CC(CO)NC1COC(C)C1C. The molecule has 0 radical (unpaired) electrons. The van der Waals surface area contributed by atoms with E-state index in [9.17, 15) is 0 Å². The molecule has 1 fully saturated rings. The number of aliphatic hydroxyl groups excluding tert-OH is 1. The first-order chi connectivity index (χ1) is 5.65. The van der Waals surface area contributed by atoms with Crippen molar-refractivity contribution in [2.45, 2.75) is 39.0 Å². The normalized spacial score (nSPS) is 38.5. The van der Waals surface area contributed by atoms with E-state index in [1.807, 2.05) is 6.92 Å². The zero-order valence-electron chi connectivity index (χ0n) is 8.08.